The molecule has 1 aromatic heterocycles. The summed E-state index contributed by atoms with van der Waals surface area (Å²) in [6.45, 7) is 4.12. The Labute approximate surface area is 171 Å². The Morgan fingerprint density at radius 1 is 1.31 bits per heavy atom. The van der Waals surface area contributed by atoms with E-state index in [1.807, 2.05) is 19.2 Å². The molecule has 0 radical (unpaired) electrons. The summed E-state index contributed by atoms with van der Waals surface area (Å²) < 4.78 is 0. The molecule has 0 spiro atoms. The van der Waals surface area contributed by atoms with Gasteiger partial charge in [0.05, 0.1) is 12.4 Å². The van der Waals surface area contributed by atoms with E-state index in [1.165, 1.54) is 18.4 Å². The number of nitrogens with one attached hydrogen (secondary N) is 1. The maximum Gasteiger partial charge on any atom is 0.249 e. The molecule has 29 heavy (non-hydrogen) atoms. The molecule has 0 saturated heterocycles. The number of carbonyl (C=O) groups excluding carboxylic acids is 1. The topological polar surface area (TPSA) is 73.7 Å². The fraction of sp³-hybridized carbons (Fsp3) is 0.455. The molecule has 0 bridgehead atoms. The van der Waals surface area contributed by atoms with E-state index >= 15 is 0 Å². The van der Waals surface area contributed by atoms with Crippen LogP contribution in [0.25, 0.3) is 0 Å². The number of hydrogen-bond donors (Lipinski definition) is 1. The molecule has 1 N–H and O–H groups in total. The third-order valence-electron chi connectivity index (χ3n) is 5.83. The first-order chi connectivity index (χ1) is 14.1. The number of rotatable bonds is 5. The van der Waals surface area contributed by atoms with Crippen molar-refractivity contribution in [2.24, 2.45) is 5.10 Å². The SMILES string of the molecule is CCC1C(=O)N(C)c2cnc(N/N=C/c3cccc(C)c3)nc2N1C1CCCC1. The zero-order valence-corrected chi connectivity index (χ0v) is 17.3. The van der Waals surface area contributed by atoms with Crippen molar-refractivity contribution < 1.29 is 4.79 Å². The Morgan fingerprint density at radius 3 is 2.83 bits per heavy atom. The number of anilines is 3. The molecule has 152 valence electrons. The van der Waals surface area contributed by atoms with Gasteiger partial charge in [-0.3, -0.25) is 4.79 Å². The third kappa shape index (κ3) is 3.81. The van der Waals surface area contributed by atoms with Crippen LogP contribution >= 0.6 is 0 Å². The Morgan fingerprint density at radius 2 is 2.10 bits per heavy atom. The summed E-state index contributed by atoms with van der Waals surface area (Å²) in [5.74, 6) is 1.39. The minimum atomic E-state index is -0.172. The summed E-state index contributed by atoms with van der Waals surface area (Å²) in [7, 11) is 1.81. The number of hydrogen-bond acceptors (Lipinski definition) is 6. The predicted octanol–water partition coefficient (Wildman–Crippen LogP) is 3.74. The van der Waals surface area contributed by atoms with Crippen LogP contribution in [0.1, 0.15) is 50.2 Å². The molecular weight excluding hydrogens is 364 g/mol. The fourth-order valence-electron chi connectivity index (χ4n) is 4.35. The summed E-state index contributed by atoms with van der Waals surface area (Å²) in [6, 6.07) is 8.30. The molecule has 2 heterocycles. The smallest absolute Gasteiger partial charge is 0.249 e. The van der Waals surface area contributed by atoms with Gasteiger partial charge in [-0.25, -0.2) is 10.4 Å². The first-order valence-electron chi connectivity index (χ1n) is 10.4. The summed E-state index contributed by atoms with van der Waals surface area (Å²) >= 11 is 0. The molecule has 1 fully saturated rings. The van der Waals surface area contributed by atoms with Crippen molar-refractivity contribution in [3.63, 3.8) is 0 Å². The van der Waals surface area contributed by atoms with Crippen LogP contribution in [0, 0.1) is 6.92 Å². The van der Waals surface area contributed by atoms with Crippen LogP contribution in [-0.4, -0.2) is 41.2 Å². The number of likely N-dealkylation sites (N-methyl/N-ethyl adjacent to an activating group) is 1. The molecule has 1 saturated carbocycles. The van der Waals surface area contributed by atoms with E-state index in [0.29, 0.717) is 12.0 Å². The second kappa shape index (κ2) is 8.19. The van der Waals surface area contributed by atoms with Gasteiger partial charge in [-0.15, -0.1) is 0 Å². The van der Waals surface area contributed by atoms with Crippen molar-refractivity contribution in [2.75, 3.05) is 22.3 Å². The van der Waals surface area contributed by atoms with Gasteiger partial charge >= 0.3 is 0 Å². The van der Waals surface area contributed by atoms with Crippen molar-refractivity contribution in [1.82, 2.24) is 9.97 Å². The van der Waals surface area contributed by atoms with Crippen LogP contribution in [0.3, 0.4) is 0 Å². The van der Waals surface area contributed by atoms with Crippen molar-refractivity contribution in [2.45, 2.75) is 58.0 Å². The van der Waals surface area contributed by atoms with Crippen LogP contribution in [0.4, 0.5) is 17.5 Å². The van der Waals surface area contributed by atoms with Crippen LogP contribution in [0.15, 0.2) is 35.6 Å². The lowest BCUT2D eigenvalue weighted by Crippen LogP contribution is -2.55. The Bertz CT molecular complexity index is 921. The van der Waals surface area contributed by atoms with Gasteiger partial charge in [0.1, 0.15) is 11.7 Å². The molecule has 1 aliphatic carbocycles. The maximum atomic E-state index is 12.9. The third-order valence-corrected chi connectivity index (χ3v) is 5.83. The molecule has 1 aromatic carbocycles. The van der Waals surface area contributed by atoms with Crippen LogP contribution in [-0.2, 0) is 4.79 Å². The average molecular weight is 393 g/mol. The summed E-state index contributed by atoms with van der Waals surface area (Å²) in [5, 5.41) is 4.30. The second-order valence-corrected chi connectivity index (χ2v) is 7.85. The Balaban J connectivity index is 1.62. The number of fused-ring (bicyclic) bond motifs is 1. The van der Waals surface area contributed by atoms with E-state index in [1.54, 1.807) is 17.3 Å². The maximum absolute atomic E-state index is 12.9. The first kappa shape index (κ1) is 19.4. The fourth-order valence-corrected chi connectivity index (χ4v) is 4.35. The number of amides is 1. The largest absolute Gasteiger partial charge is 0.340 e. The van der Waals surface area contributed by atoms with E-state index < -0.39 is 0 Å². The highest BCUT2D eigenvalue weighted by atomic mass is 16.2. The highest BCUT2D eigenvalue weighted by Crippen LogP contribution is 2.39. The van der Waals surface area contributed by atoms with Crippen LogP contribution < -0.4 is 15.2 Å². The molecule has 1 atom stereocenters. The van der Waals surface area contributed by atoms with E-state index in [-0.39, 0.29) is 11.9 Å². The lowest BCUT2D eigenvalue weighted by atomic mass is 10.0. The van der Waals surface area contributed by atoms with E-state index in [9.17, 15) is 4.79 Å². The molecule has 2 aliphatic rings. The van der Waals surface area contributed by atoms with Gasteiger partial charge in [0.25, 0.3) is 0 Å². The highest BCUT2D eigenvalue weighted by molar-refractivity contribution is 6.04. The van der Waals surface area contributed by atoms with E-state index in [0.717, 1.165) is 36.3 Å². The average Bonchev–Trinajstić information content (AvgIpc) is 3.25. The first-order valence-corrected chi connectivity index (χ1v) is 10.4. The number of carbonyl (C=O) groups is 1. The number of aromatic nitrogens is 2. The number of hydrazone groups is 1. The number of nitrogens with zero attached hydrogens (tertiary/aromatic N) is 5. The minimum Gasteiger partial charge on any atom is -0.340 e. The highest BCUT2D eigenvalue weighted by Gasteiger charge is 2.41. The number of aryl methyl sites for hydroxylation is 1. The van der Waals surface area contributed by atoms with Gasteiger partial charge < -0.3 is 9.80 Å². The summed E-state index contributed by atoms with van der Waals surface area (Å²) in [6.07, 6.45) is 8.85. The minimum absolute atomic E-state index is 0.119. The molecule has 1 amide bonds. The zero-order valence-electron chi connectivity index (χ0n) is 17.3. The molecule has 1 unspecified atom stereocenters. The predicted molar refractivity (Wildman–Crippen MR) is 117 cm³/mol. The monoisotopic (exact) mass is 392 g/mol. The summed E-state index contributed by atoms with van der Waals surface area (Å²) in [5.41, 5.74) is 5.91. The molecule has 4 rings (SSSR count). The molecule has 7 nitrogen and oxygen atoms in total. The summed E-state index contributed by atoms with van der Waals surface area (Å²) in [4.78, 5) is 26.0. The quantitative estimate of drug-likeness (QED) is 0.620. The normalized spacial score (nSPS) is 19.8. The van der Waals surface area contributed by atoms with Crippen molar-refractivity contribution in [3.05, 3.63) is 41.6 Å². The second-order valence-electron chi connectivity index (χ2n) is 7.85. The van der Waals surface area contributed by atoms with Gasteiger partial charge in [0.2, 0.25) is 11.9 Å². The van der Waals surface area contributed by atoms with E-state index in [2.05, 4.69) is 46.4 Å². The molecule has 1 aliphatic heterocycles. The van der Waals surface area contributed by atoms with Gasteiger partial charge in [0.15, 0.2) is 5.82 Å². The van der Waals surface area contributed by atoms with Gasteiger partial charge in [0, 0.05) is 13.1 Å². The lowest BCUT2D eigenvalue weighted by molar-refractivity contribution is -0.120. The van der Waals surface area contributed by atoms with Crippen LogP contribution in [0.2, 0.25) is 0 Å². The Hall–Kier alpha value is -2.96. The molecule has 2 aromatic rings. The van der Waals surface area contributed by atoms with Crippen molar-refractivity contribution in [3.8, 4) is 0 Å². The van der Waals surface area contributed by atoms with Crippen molar-refractivity contribution in [1.29, 1.82) is 0 Å². The van der Waals surface area contributed by atoms with Gasteiger partial charge in [-0.1, -0.05) is 49.6 Å². The van der Waals surface area contributed by atoms with Crippen LogP contribution in [0.5, 0.6) is 0 Å². The molecule has 7 heteroatoms. The lowest BCUT2D eigenvalue weighted by Gasteiger charge is -2.43. The zero-order chi connectivity index (χ0) is 20.4. The Kier molecular flexibility index (Phi) is 5.47. The standard InChI is InChI=1S/C22H28N6O/c1-4-18-21(29)27(3)19-14-23-22(25-20(19)28(18)17-10-5-6-11-17)26-24-13-16-9-7-8-15(2)12-16/h7-9,12-14,17-18H,4-6,10-11H2,1-3H3,(H,23,25,26)/b24-13+. The number of benzene rings is 1. The van der Waals surface area contributed by atoms with Crippen molar-refractivity contribution >= 4 is 29.6 Å². The van der Waals surface area contributed by atoms with E-state index in [4.69, 9.17) is 4.98 Å². The van der Waals surface area contributed by atoms with Gasteiger partial charge in [-0.05, 0) is 31.7 Å². The molecular formula is C22H28N6O. The van der Waals surface area contributed by atoms with Gasteiger partial charge in [-0.2, -0.15) is 10.1 Å².